The van der Waals surface area contributed by atoms with Gasteiger partial charge >= 0.3 is 6.09 Å². The highest BCUT2D eigenvalue weighted by Crippen LogP contribution is 2.41. The predicted octanol–water partition coefficient (Wildman–Crippen LogP) is 7.95. The number of hydrogen-bond acceptors (Lipinski definition) is 7. The van der Waals surface area contributed by atoms with Crippen LogP contribution in [-0.4, -0.2) is 82.1 Å². The van der Waals surface area contributed by atoms with Crippen LogP contribution in [0, 0.1) is 5.82 Å². The van der Waals surface area contributed by atoms with E-state index in [1.165, 1.54) is 28.9 Å². The molecule has 354 valence electrons. The number of nitrogens with zero attached hydrogens (tertiary/aromatic N) is 6. The van der Waals surface area contributed by atoms with Crippen LogP contribution in [0.5, 0.6) is 0 Å². The van der Waals surface area contributed by atoms with Crippen LogP contribution in [0.15, 0.2) is 140 Å². The summed E-state index contributed by atoms with van der Waals surface area (Å²) in [5.41, 5.74) is 7.88. The molecule has 5 aromatic carbocycles. The third-order valence-corrected chi connectivity index (χ3v) is 12.8. The van der Waals surface area contributed by atoms with E-state index in [9.17, 15) is 33.5 Å². The minimum absolute atomic E-state index is 0.00909. The first-order chi connectivity index (χ1) is 33.1. The number of amides is 5. The first-order valence-corrected chi connectivity index (χ1v) is 22.8. The van der Waals surface area contributed by atoms with Gasteiger partial charge in [-0.05, 0) is 74.1 Å². The lowest BCUT2D eigenvalue weighted by molar-refractivity contribution is -0.141. The number of benzene rings is 5. The highest BCUT2D eigenvalue weighted by atomic mass is 35.5. The molecule has 1 aliphatic carbocycles. The molecule has 15 nitrogen and oxygen atoms in total. The summed E-state index contributed by atoms with van der Waals surface area (Å²) in [5.74, 6) is -2.65. The van der Waals surface area contributed by atoms with E-state index in [0.29, 0.717) is 11.2 Å². The predicted molar refractivity (Wildman–Crippen MR) is 259 cm³/mol. The molecule has 0 bridgehead atoms. The van der Waals surface area contributed by atoms with Gasteiger partial charge in [-0.1, -0.05) is 115 Å². The van der Waals surface area contributed by atoms with Crippen LogP contribution < -0.4 is 16.4 Å². The van der Waals surface area contributed by atoms with Gasteiger partial charge in [-0.3, -0.25) is 29.2 Å². The largest absolute Gasteiger partial charge is 0.465 e. The molecule has 0 atom stereocenters. The van der Waals surface area contributed by atoms with Crippen LogP contribution in [0.1, 0.15) is 78.0 Å². The summed E-state index contributed by atoms with van der Waals surface area (Å²) in [5, 5.41) is 18.9. The Hall–Kier alpha value is -7.85. The Morgan fingerprint density at radius 3 is 2.06 bits per heavy atom. The number of aromatic nitrogens is 4. The first kappa shape index (κ1) is 47.6. The fourth-order valence-electron chi connectivity index (χ4n) is 8.90. The van der Waals surface area contributed by atoms with E-state index in [0.717, 1.165) is 29.5 Å². The normalized spacial score (nSPS) is 12.6. The van der Waals surface area contributed by atoms with E-state index in [2.05, 4.69) is 52.1 Å². The maximum atomic E-state index is 15.0. The van der Waals surface area contributed by atoms with Gasteiger partial charge in [0.15, 0.2) is 5.69 Å². The second-order valence-electron chi connectivity index (χ2n) is 17.6. The number of carbonyl (C=O) groups is 5. The molecular formula is C52H51ClFN9O6. The molecule has 0 saturated heterocycles. The lowest BCUT2D eigenvalue weighted by Gasteiger charge is -2.39. The Morgan fingerprint density at radius 2 is 1.48 bits per heavy atom. The number of hydrogen-bond donors (Lipinski definition) is 4. The molecule has 0 aliphatic heterocycles. The summed E-state index contributed by atoms with van der Waals surface area (Å²) in [4.78, 5) is 74.5. The van der Waals surface area contributed by atoms with Gasteiger partial charge in [0.05, 0.1) is 35.7 Å². The van der Waals surface area contributed by atoms with E-state index in [1.807, 2.05) is 79.2 Å². The Balaban J connectivity index is 1.11. The molecule has 2 heterocycles. The summed E-state index contributed by atoms with van der Waals surface area (Å²) in [6.45, 7) is 3.00. The number of halogens is 2. The van der Waals surface area contributed by atoms with Crippen molar-refractivity contribution in [2.24, 2.45) is 5.73 Å². The van der Waals surface area contributed by atoms with Crippen molar-refractivity contribution in [2.45, 2.75) is 76.3 Å². The molecule has 1 saturated carbocycles. The van der Waals surface area contributed by atoms with E-state index in [-0.39, 0.29) is 78.3 Å². The SMILES string of the molecule is CC(C)(CCC(=O)N(CC(=O)NCc1cccc(Cl)c1F)C1CC1)N(Cc1cn(C(c2ccccc2)(c2ccccc2)c2ccccc2)cn1)C(=O)Cn1nc(C(N)=O)c2cc(NC(=O)O)ccc21. The van der Waals surface area contributed by atoms with Crippen molar-refractivity contribution >= 4 is 57.9 Å². The van der Waals surface area contributed by atoms with Gasteiger partial charge in [0.25, 0.3) is 5.91 Å². The molecule has 1 aliphatic rings. The molecule has 7 aromatic rings. The quantitative estimate of drug-likeness (QED) is 0.0586. The highest BCUT2D eigenvalue weighted by Gasteiger charge is 2.40. The van der Waals surface area contributed by atoms with Crippen molar-refractivity contribution in [2.75, 3.05) is 11.9 Å². The summed E-state index contributed by atoms with van der Waals surface area (Å²) in [6.07, 6.45) is 3.98. The highest BCUT2D eigenvalue weighted by molar-refractivity contribution is 6.30. The molecule has 5 amide bonds. The number of carboxylic acid groups (broad SMARTS) is 1. The van der Waals surface area contributed by atoms with Crippen LogP contribution in [0.25, 0.3) is 10.9 Å². The van der Waals surface area contributed by atoms with Crippen LogP contribution in [0.2, 0.25) is 5.02 Å². The molecule has 0 unspecified atom stereocenters. The molecule has 69 heavy (non-hydrogen) atoms. The van der Waals surface area contributed by atoms with Gasteiger partial charge in [-0.25, -0.2) is 14.2 Å². The molecule has 1 fully saturated rings. The van der Waals surface area contributed by atoms with Crippen LogP contribution in [0.4, 0.5) is 14.9 Å². The number of anilines is 1. The molecular weight excluding hydrogens is 901 g/mol. The number of nitrogens with two attached hydrogens (primary N) is 1. The van der Waals surface area contributed by atoms with Crippen molar-refractivity contribution in [3.63, 3.8) is 0 Å². The number of primary amides is 1. The van der Waals surface area contributed by atoms with E-state index in [1.54, 1.807) is 28.3 Å². The fourth-order valence-corrected chi connectivity index (χ4v) is 9.09. The van der Waals surface area contributed by atoms with Crippen molar-refractivity contribution in [3.05, 3.63) is 184 Å². The average molecular weight is 952 g/mol. The van der Waals surface area contributed by atoms with Gasteiger partial charge in [0, 0.05) is 47.4 Å². The zero-order chi connectivity index (χ0) is 48.9. The Bertz CT molecular complexity index is 2920. The van der Waals surface area contributed by atoms with Crippen molar-refractivity contribution in [3.8, 4) is 0 Å². The zero-order valence-electron chi connectivity index (χ0n) is 38.0. The van der Waals surface area contributed by atoms with Crippen LogP contribution in [-0.2, 0) is 39.6 Å². The topological polar surface area (TPSA) is 198 Å². The fraction of sp³-hybridized carbons (Fsp3) is 0.250. The van der Waals surface area contributed by atoms with Gasteiger partial charge in [0.1, 0.15) is 17.9 Å². The minimum atomic E-state index is -1.31. The van der Waals surface area contributed by atoms with E-state index >= 15 is 0 Å². The second kappa shape index (κ2) is 20.2. The lowest BCUT2D eigenvalue weighted by atomic mass is 9.77. The van der Waals surface area contributed by atoms with Crippen molar-refractivity contribution in [1.29, 1.82) is 0 Å². The Kier molecular flexibility index (Phi) is 13.9. The summed E-state index contributed by atoms with van der Waals surface area (Å²) < 4.78 is 18.0. The smallest absolute Gasteiger partial charge is 0.409 e. The maximum absolute atomic E-state index is 15.0. The number of rotatable bonds is 19. The second-order valence-corrected chi connectivity index (χ2v) is 18.1. The minimum Gasteiger partial charge on any atom is -0.465 e. The summed E-state index contributed by atoms with van der Waals surface area (Å²) in [7, 11) is 0. The van der Waals surface area contributed by atoms with Gasteiger partial charge < -0.3 is 30.5 Å². The molecule has 0 radical (unpaired) electrons. The lowest BCUT2D eigenvalue weighted by Crippen LogP contribution is -2.49. The zero-order valence-corrected chi connectivity index (χ0v) is 38.8. The van der Waals surface area contributed by atoms with Crippen molar-refractivity contribution in [1.82, 2.24) is 34.4 Å². The molecule has 0 spiro atoms. The summed E-state index contributed by atoms with van der Waals surface area (Å²) >= 11 is 5.94. The monoisotopic (exact) mass is 951 g/mol. The maximum Gasteiger partial charge on any atom is 0.409 e. The Morgan fingerprint density at radius 1 is 0.855 bits per heavy atom. The first-order valence-electron chi connectivity index (χ1n) is 22.5. The standard InChI is InChI=1S/C52H51ClFN9O6/c1-51(2,26-25-45(65)61(40-22-23-40)31-44(64)56-28-34-13-12-20-42(53)47(34)54)62(46(66)32-63-43-24-21-38(58-50(68)69)27-41(43)48(59-63)49(55)67)30-39-29-60(33-57-39)52(35-14-6-3-7-15-35,36-16-8-4-9-17-36)37-18-10-5-11-19-37/h3-21,24,27,29,33,40,58H,22-23,25-26,28,30-32H2,1-2H3,(H2,55,67)(H,56,64)(H,68,69). The third kappa shape index (κ3) is 10.4. The average Bonchev–Trinajstić information content (AvgIpc) is 3.97. The van der Waals surface area contributed by atoms with Crippen molar-refractivity contribution < 1.29 is 33.5 Å². The number of imidazole rings is 1. The Labute approximate surface area is 402 Å². The number of carbonyl (C=O) groups excluding carboxylic acids is 4. The molecule has 8 rings (SSSR count). The summed E-state index contributed by atoms with van der Waals surface area (Å²) in [6, 6.07) is 39.1. The van der Waals surface area contributed by atoms with Gasteiger partial charge in [0.2, 0.25) is 17.7 Å². The van der Waals surface area contributed by atoms with E-state index in [4.69, 9.17) is 22.3 Å². The van der Waals surface area contributed by atoms with Crippen LogP contribution >= 0.6 is 11.6 Å². The third-order valence-electron chi connectivity index (χ3n) is 12.6. The molecule has 2 aromatic heterocycles. The molecule has 17 heteroatoms. The van der Waals surface area contributed by atoms with E-state index < -0.39 is 40.7 Å². The number of nitrogens with one attached hydrogen (secondary N) is 2. The number of fused-ring (bicyclic) bond motifs is 1. The van der Waals surface area contributed by atoms with Gasteiger partial charge in [-0.15, -0.1) is 0 Å². The van der Waals surface area contributed by atoms with Gasteiger partial charge in [-0.2, -0.15) is 5.10 Å². The molecule has 5 N–H and O–H groups in total. The van der Waals surface area contributed by atoms with Crippen LogP contribution in [0.3, 0.4) is 0 Å².